The predicted octanol–water partition coefficient (Wildman–Crippen LogP) is -0.623. The van der Waals surface area contributed by atoms with Gasteiger partial charge in [-0.2, -0.15) is 0 Å². The fraction of sp³-hybridized carbons (Fsp3) is 0.778. The molecule has 0 aromatic carbocycles. The molecule has 0 aromatic heterocycles. The largest absolute Gasteiger partial charge is 0.331 e. The van der Waals surface area contributed by atoms with E-state index in [1.807, 2.05) is 5.43 Å². The lowest BCUT2D eigenvalue weighted by Crippen LogP contribution is -2.55. The second-order valence-corrected chi connectivity index (χ2v) is 4.11. The van der Waals surface area contributed by atoms with Gasteiger partial charge in [-0.15, -0.1) is 0 Å². The summed E-state index contributed by atoms with van der Waals surface area (Å²) in [5.41, 5.74) is 1.89. The van der Waals surface area contributed by atoms with Crippen LogP contribution in [0.25, 0.3) is 0 Å². The van der Waals surface area contributed by atoms with Crippen LogP contribution in [0, 0.1) is 5.92 Å². The second kappa shape index (κ2) is 3.57. The molecule has 3 rings (SSSR count). The van der Waals surface area contributed by atoms with Gasteiger partial charge in [-0.1, -0.05) is 0 Å². The van der Waals surface area contributed by atoms with Crippen LogP contribution in [-0.2, 0) is 9.59 Å². The van der Waals surface area contributed by atoms with Gasteiger partial charge in [0.1, 0.15) is 0 Å². The van der Waals surface area contributed by atoms with E-state index in [0.717, 1.165) is 19.4 Å². The van der Waals surface area contributed by atoms with Gasteiger partial charge in [-0.05, 0) is 31.6 Å². The van der Waals surface area contributed by atoms with Crippen LogP contribution in [0.4, 0.5) is 0 Å². The Morgan fingerprint density at radius 3 is 2.29 bits per heavy atom. The fourth-order valence-electron chi connectivity index (χ4n) is 2.51. The van der Waals surface area contributed by atoms with E-state index in [1.165, 1.54) is 12.8 Å². The van der Waals surface area contributed by atoms with Crippen LogP contribution >= 0.6 is 0 Å². The number of hydrogen-bond acceptors (Lipinski definition) is 3. The highest BCUT2D eigenvalue weighted by molar-refractivity contribution is 6.34. The molecular formula is C9H15N3O2. The van der Waals surface area contributed by atoms with Crippen molar-refractivity contribution >= 4 is 11.8 Å². The molecule has 2 amide bonds. The Balaban J connectivity index is 2.05. The van der Waals surface area contributed by atoms with Gasteiger partial charge < -0.3 is 4.90 Å². The van der Waals surface area contributed by atoms with Crippen LogP contribution in [0.1, 0.15) is 25.7 Å². The molecule has 0 atom stereocenters. The van der Waals surface area contributed by atoms with Gasteiger partial charge in [0.05, 0.1) is 0 Å². The Hall–Kier alpha value is -1.10. The molecule has 0 unspecified atom stereocenters. The van der Waals surface area contributed by atoms with Gasteiger partial charge in [0, 0.05) is 12.6 Å². The van der Waals surface area contributed by atoms with Crippen molar-refractivity contribution in [3.8, 4) is 0 Å². The van der Waals surface area contributed by atoms with Gasteiger partial charge in [0.2, 0.25) is 0 Å². The van der Waals surface area contributed by atoms with Crippen molar-refractivity contribution < 1.29 is 9.59 Å². The van der Waals surface area contributed by atoms with Crippen LogP contribution in [0.3, 0.4) is 0 Å². The molecule has 1 aliphatic carbocycles. The summed E-state index contributed by atoms with van der Waals surface area (Å²) in [6.07, 6.45) is 4.46. The lowest BCUT2D eigenvalue weighted by Gasteiger charge is -2.44. The second-order valence-electron chi connectivity index (χ2n) is 4.11. The monoisotopic (exact) mass is 197 g/mol. The molecule has 1 saturated carbocycles. The maximum atomic E-state index is 11.6. The summed E-state index contributed by atoms with van der Waals surface area (Å²) in [6.45, 7) is 0.733. The number of nitrogens with zero attached hydrogens (tertiary/aromatic N) is 1. The quantitative estimate of drug-likeness (QED) is 0.235. The summed E-state index contributed by atoms with van der Waals surface area (Å²) >= 11 is 0. The first kappa shape index (κ1) is 9.45. The Morgan fingerprint density at radius 1 is 1.21 bits per heavy atom. The van der Waals surface area contributed by atoms with E-state index < -0.39 is 11.8 Å². The number of hydrogen-bond donors (Lipinski definition) is 2. The molecule has 0 aromatic rings. The average molecular weight is 197 g/mol. The molecule has 5 heteroatoms. The van der Waals surface area contributed by atoms with E-state index in [9.17, 15) is 9.59 Å². The normalized spacial score (nSPS) is 30.2. The van der Waals surface area contributed by atoms with Crippen molar-refractivity contribution in [1.29, 1.82) is 0 Å². The van der Waals surface area contributed by atoms with E-state index >= 15 is 0 Å². The van der Waals surface area contributed by atoms with E-state index in [-0.39, 0.29) is 6.04 Å². The SMILES string of the molecule is NNC(=O)C(=O)N1CC2CCC1CC2. The molecule has 3 aliphatic rings. The summed E-state index contributed by atoms with van der Waals surface area (Å²) < 4.78 is 0. The Morgan fingerprint density at radius 2 is 1.86 bits per heavy atom. The van der Waals surface area contributed by atoms with Crippen molar-refractivity contribution in [2.75, 3.05) is 6.54 Å². The molecule has 2 aliphatic heterocycles. The number of fused-ring (bicyclic) bond motifs is 3. The lowest BCUT2D eigenvalue weighted by atomic mass is 9.80. The molecular weight excluding hydrogens is 182 g/mol. The molecule has 3 N–H and O–H groups in total. The number of amides is 2. The highest BCUT2D eigenvalue weighted by Gasteiger charge is 2.38. The van der Waals surface area contributed by atoms with Gasteiger partial charge >= 0.3 is 11.8 Å². The topological polar surface area (TPSA) is 75.4 Å². The number of carbonyl (C=O) groups is 2. The zero-order valence-corrected chi connectivity index (χ0v) is 8.03. The third-order valence-electron chi connectivity index (χ3n) is 3.30. The number of rotatable bonds is 0. The Bertz CT molecular complexity index is 259. The van der Waals surface area contributed by atoms with E-state index in [4.69, 9.17) is 5.84 Å². The van der Waals surface area contributed by atoms with Crippen molar-refractivity contribution in [2.45, 2.75) is 31.7 Å². The van der Waals surface area contributed by atoms with Gasteiger partial charge in [0.25, 0.3) is 0 Å². The molecule has 5 nitrogen and oxygen atoms in total. The van der Waals surface area contributed by atoms with Crippen molar-refractivity contribution in [2.24, 2.45) is 11.8 Å². The average Bonchev–Trinajstić information content (AvgIpc) is 2.28. The summed E-state index contributed by atoms with van der Waals surface area (Å²) in [6, 6.07) is 0.268. The Labute approximate surface area is 82.6 Å². The molecule has 0 radical (unpaired) electrons. The molecule has 0 spiro atoms. The summed E-state index contributed by atoms with van der Waals surface area (Å²) in [5.74, 6) is 4.36. The van der Waals surface area contributed by atoms with E-state index in [0.29, 0.717) is 5.92 Å². The number of hydrazine groups is 1. The van der Waals surface area contributed by atoms with Crippen LogP contribution in [0.2, 0.25) is 0 Å². The summed E-state index contributed by atoms with van der Waals surface area (Å²) in [5, 5.41) is 0. The molecule has 3 fully saturated rings. The van der Waals surface area contributed by atoms with Gasteiger partial charge in [-0.25, -0.2) is 5.84 Å². The molecule has 2 saturated heterocycles. The summed E-state index contributed by atoms with van der Waals surface area (Å²) in [4.78, 5) is 24.3. The third-order valence-corrected chi connectivity index (χ3v) is 3.30. The maximum Gasteiger partial charge on any atom is 0.323 e. The van der Waals surface area contributed by atoms with Crippen LogP contribution < -0.4 is 11.3 Å². The Kier molecular flexibility index (Phi) is 2.41. The van der Waals surface area contributed by atoms with Crippen LogP contribution in [0.15, 0.2) is 0 Å². The highest BCUT2D eigenvalue weighted by atomic mass is 16.2. The number of nitrogens with two attached hydrogens (primary N) is 1. The van der Waals surface area contributed by atoms with Crippen molar-refractivity contribution in [3.05, 3.63) is 0 Å². The number of carbonyl (C=O) groups excluding carboxylic acids is 2. The minimum atomic E-state index is -0.697. The molecule has 2 bridgehead atoms. The van der Waals surface area contributed by atoms with Gasteiger partial charge in [-0.3, -0.25) is 15.0 Å². The molecule has 2 heterocycles. The zero-order valence-electron chi connectivity index (χ0n) is 8.03. The minimum Gasteiger partial charge on any atom is -0.331 e. The molecule has 14 heavy (non-hydrogen) atoms. The fourth-order valence-corrected chi connectivity index (χ4v) is 2.51. The zero-order chi connectivity index (χ0) is 10.1. The van der Waals surface area contributed by atoms with E-state index in [1.54, 1.807) is 4.90 Å². The minimum absolute atomic E-state index is 0.268. The summed E-state index contributed by atoms with van der Waals surface area (Å²) in [7, 11) is 0. The third kappa shape index (κ3) is 1.48. The first-order valence-corrected chi connectivity index (χ1v) is 5.04. The predicted molar refractivity (Wildman–Crippen MR) is 49.8 cm³/mol. The number of piperidine rings is 2. The van der Waals surface area contributed by atoms with Crippen LogP contribution in [-0.4, -0.2) is 29.3 Å². The standard InChI is InChI=1S/C9H15N3O2/c10-11-8(13)9(14)12-5-6-1-3-7(12)4-2-6/h6-7H,1-5,10H2,(H,11,13). The smallest absolute Gasteiger partial charge is 0.323 e. The van der Waals surface area contributed by atoms with E-state index in [2.05, 4.69) is 0 Å². The number of nitrogens with one attached hydrogen (secondary N) is 1. The van der Waals surface area contributed by atoms with Crippen molar-refractivity contribution in [1.82, 2.24) is 10.3 Å². The maximum absolute atomic E-state index is 11.6. The lowest BCUT2D eigenvalue weighted by molar-refractivity contribution is -0.150. The first-order valence-electron chi connectivity index (χ1n) is 5.04. The van der Waals surface area contributed by atoms with Gasteiger partial charge in [0.15, 0.2) is 0 Å². The van der Waals surface area contributed by atoms with Crippen molar-refractivity contribution in [3.63, 3.8) is 0 Å². The highest BCUT2D eigenvalue weighted by Crippen LogP contribution is 2.34. The first-order chi connectivity index (χ1) is 6.72. The molecule has 78 valence electrons. The van der Waals surface area contributed by atoms with Crippen LogP contribution in [0.5, 0.6) is 0 Å².